The van der Waals surface area contributed by atoms with Crippen molar-refractivity contribution >= 4 is 12.2 Å². The number of nitrogens with one attached hydrogen (secondary N) is 1. The summed E-state index contributed by atoms with van der Waals surface area (Å²) in [4.78, 5) is 11.8. The Bertz CT molecular complexity index is 955. The van der Waals surface area contributed by atoms with Gasteiger partial charge in [-0.2, -0.15) is 0 Å². The van der Waals surface area contributed by atoms with Gasteiger partial charge in [0.05, 0.1) is 7.11 Å². The maximum atomic E-state index is 11.8. The van der Waals surface area contributed by atoms with Crippen LogP contribution in [-0.2, 0) is 18.0 Å². The van der Waals surface area contributed by atoms with Gasteiger partial charge in [0.25, 0.3) is 0 Å². The van der Waals surface area contributed by atoms with Crippen molar-refractivity contribution in [2.75, 3.05) is 13.7 Å². The Morgan fingerprint density at radius 2 is 1.53 bits per heavy atom. The molecule has 0 aliphatic heterocycles. The maximum absolute atomic E-state index is 11.8. The van der Waals surface area contributed by atoms with Crippen LogP contribution in [0.2, 0.25) is 0 Å². The molecule has 0 aromatic heterocycles. The summed E-state index contributed by atoms with van der Waals surface area (Å²) in [6, 6.07) is 25.2. The molecule has 3 rings (SSSR count). The van der Waals surface area contributed by atoms with E-state index in [1.54, 1.807) is 7.11 Å². The van der Waals surface area contributed by atoms with Gasteiger partial charge in [0.2, 0.25) is 0 Å². The molecule has 1 N–H and O–H groups in total. The number of carbonyl (C=O) groups excluding carboxylic acids is 1. The first kappa shape index (κ1) is 21.0. The SMILES string of the molecule is COc1ccc(C=CCNC(=O)OCc2ccccc2)cc1OCc1ccccc1. The molecule has 0 saturated carbocycles. The molecule has 5 nitrogen and oxygen atoms in total. The van der Waals surface area contributed by atoms with E-state index >= 15 is 0 Å². The van der Waals surface area contributed by atoms with E-state index in [0.29, 0.717) is 24.7 Å². The van der Waals surface area contributed by atoms with Gasteiger partial charge in [0.1, 0.15) is 13.2 Å². The van der Waals surface area contributed by atoms with Crippen molar-refractivity contribution in [3.63, 3.8) is 0 Å². The van der Waals surface area contributed by atoms with E-state index in [2.05, 4.69) is 5.32 Å². The number of benzene rings is 3. The molecule has 0 atom stereocenters. The third-order valence-corrected chi connectivity index (χ3v) is 4.31. The summed E-state index contributed by atoms with van der Waals surface area (Å²) in [6.07, 6.45) is 3.31. The molecule has 3 aromatic rings. The van der Waals surface area contributed by atoms with E-state index in [1.807, 2.05) is 91.0 Å². The molecule has 30 heavy (non-hydrogen) atoms. The molecule has 1 amide bonds. The van der Waals surface area contributed by atoms with Crippen molar-refractivity contribution in [3.8, 4) is 11.5 Å². The first-order valence-corrected chi connectivity index (χ1v) is 9.70. The summed E-state index contributed by atoms with van der Waals surface area (Å²) in [6.45, 7) is 1.07. The zero-order chi connectivity index (χ0) is 21.0. The number of methoxy groups -OCH3 is 1. The van der Waals surface area contributed by atoms with Gasteiger partial charge in [-0.3, -0.25) is 0 Å². The number of ether oxygens (including phenoxy) is 3. The molecule has 154 valence electrons. The molecule has 0 unspecified atom stereocenters. The molecule has 0 spiro atoms. The zero-order valence-electron chi connectivity index (χ0n) is 16.9. The molecule has 0 fully saturated rings. The van der Waals surface area contributed by atoms with Crippen LogP contribution < -0.4 is 14.8 Å². The fourth-order valence-corrected chi connectivity index (χ4v) is 2.76. The largest absolute Gasteiger partial charge is 0.493 e. The maximum Gasteiger partial charge on any atom is 0.407 e. The summed E-state index contributed by atoms with van der Waals surface area (Å²) < 4.78 is 16.5. The van der Waals surface area contributed by atoms with Crippen molar-refractivity contribution < 1.29 is 19.0 Å². The number of hydrogen-bond donors (Lipinski definition) is 1. The first-order valence-electron chi connectivity index (χ1n) is 9.70. The van der Waals surface area contributed by atoms with E-state index in [4.69, 9.17) is 14.2 Å². The lowest BCUT2D eigenvalue weighted by molar-refractivity contribution is 0.141. The van der Waals surface area contributed by atoms with Crippen LogP contribution >= 0.6 is 0 Å². The molecule has 0 aliphatic carbocycles. The number of rotatable bonds is 9. The lowest BCUT2D eigenvalue weighted by atomic mass is 10.2. The van der Waals surface area contributed by atoms with Crippen molar-refractivity contribution in [2.45, 2.75) is 13.2 Å². The van der Waals surface area contributed by atoms with Crippen LogP contribution in [0, 0.1) is 0 Å². The number of alkyl carbamates (subject to hydrolysis) is 1. The Hall–Kier alpha value is -3.73. The minimum Gasteiger partial charge on any atom is -0.493 e. The van der Waals surface area contributed by atoms with Crippen molar-refractivity contribution in [3.05, 3.63) is 102 Å². The number of amides is 1. The third-order valence-electron chi connectivity index (χ3n) is 4.31. The van der Waals surface area contributed by atoms with Gasteiger partial charge in [-0.05, 0) is 28.8 Å². The Kier molecular flexibility index (Phi) is 7.92. The van der Waals surface area contributed by atoms with Crippen LogP contribution in [-0.4, -0.2) is 19.7 Å². The van der Waals surface area contributed by atoms with E-state index in [-0.39, 0.29) is 6.61 Å². The summed E-state index contributed by atoms with van der Waals surface area (Å²) in [5.41, 5.74) is 2.97. The van der Waals surface area contributed by atoms with Crippen LogP contribution in [0.3, 0.4) is 0 Å². The Morgan fingerprint density at radius 3 is 2.20 bits per heavy atom. The van der Waals surface area contributed by atoms with Crippen molar-refractivity contribution in [1.29, 1.82) is 0 Å². The Balaban J connectivity index is 1.49. The van der Waals surface area contributed by atoms with Gasteiger partial charge in [0, 0.05) is 6.54 Å². The normalized spacial score (nSPS) is 10.6. The number of carbonyl (C=O) groups is 1. The minimum atomic E-state index is -0.454. The molecule has 0 radical (unpaired) electrons. The molecular formula is C25H25NO4. The average molecular weight is 403 g/mol. The predicted octanol–water partition coefficient (Wildman–Crippen LogP) is 5.21. The summed E-state index contributed by atoms with van der Waals surface area (Å²) >= 11 is 0. The Morgan fingerprint density at radius 1 is 0.867 bits per heavy atom. The highest BCUT2D eigenvalue weighted by molar-refractivity contribution is 5.67. The first-order chi connectivity index (χ1) is 14.7. The molecule has 0 bridgehead atoms. The minimum absolute atomic E-state index is 0.247. The smallest absolute Gasteiger partial charge is 0.407 e. The summed E-state index contributed by atoms with van der Waals surface area (Å²) in [5.74, 6) is 1.34. The van der Waals surface area contributed by atoms with Gasteiger partial charge in [-0.1, -0.05) is 78.9 Å². The summed E-state index contributed by atoms with van der Waals surface area (Å²) in [7, 11) is 1.62. The lowest BCUT2D eigenvalue weighted by Crippen LogP contribution is -2.24. The van der Waals surface area contributed by atoms with Crippen LogP contribution in [0.5, 0.6) is 11.5 Å². The average Bonchev–Trinajstić information content (AvgIpc) is 2.80. The Labute approximate surface area is 176 Å². The molecule has 0 aliphatic rings. The second-order valence-electron chi connectivity index (χ2n) is 6.53. The van der Waals surface area contributed by atoms with E-state index in [1.165, 1.54) is 0 Å². The fraction of sp³-hybridized carbons (Fsp3) is 0.160. The second-order valence-corrected chi connectivity index (χ2v) is 6.53. The topological polar surface area (TPSA) is 56.8 Å². The highest BCUT2D eigenvalue weighted by Crippen LogP contribution is 2.29. The highest BCUT2D eigenvalue weighted by Gasteiger charge is 2.06. The van der Waals surface area contributed by atoms with E-state index < -0.39 is 6.09 Å². The molecule has 0 heterocycles. The quantitative estimate of drug-likeness (QED) is 0.533. The predicted molar refractivity (Wildman–Crippen MR) is 117 cm³/mol. The lowest BCUT2D eigenvalue weighted by Gasteiger charge is -2.11. The fourth-order valence-electron chi connectivity index (χ4n) is 2.76. The zero-order valence-corrected chi connectivity index (χ0v) is 16.9. The van der Waals surface area contributed by atoms with Crippen LogP contribution in [0.25, 0.3) is 6.08 Å². The van der Waals surface area contributed by atoms with Gasteiger partial charge in [0.15, 0.2) is 11.5 Å². The highest BCUT2D eigenvalue weighted by atomic mass is 16.5. The molecule has 5 heteroatoms. The van der Waals surface area contributed by atoms with Gasteiger partial charge in [-0.25, -0.2) is 4.79 Å². The van der Waals surface area contributed by atoms with Crippen molar-refractivity contribution in [1.82, 2.24) is 5.32 Å². The van der Waals surface area contributed by atoms with Gasteiger partial charge >= 0.3 is 6.09 Å². The van der Waals surface area contributed by atoms with Crippen LogP contribution in [0.1, 0.15) is 16.7 Å². The molecule has 0 saturated heterocycles. The third kappa shape index (κ3) is 6.71. The number of hydrogen-bond acceptors (Lipinski definition) is 4. The summed E-state index contributed by atoms with van der Waals surface area (Å²) in [5, 5.41) is 2.70. The molecule has 3 aromatic carbocycles. The van der Waals surface area contributed by atoms with Gasteiger partial charge in [-0.15, -0.1) is 0 Å². The van der Waals surface area contributed by atoms with E-state index in [9.17, 15) is 4.79 Å². The van der Waals surface area contributed by atoms with E-state index in [0.717, 1.165) is 16.7 Å². The van der Waals surface area contributed by atoms with Crippen LogP contribution in [0.4, 0.5) is 4.79 Å². The monoisotopic (exact) mass is 403 g/mol. The standard InChI is InChI=1S/C25H25NO4/c1-28-23-15-14-20(17-24(23)29-18-21-9-4-2-5-10-21)13-8-16-26-25(27)30-19-22-11-6-3-7-12-22/h2-15,17H,16,18-19H2,1H3,(H,26,27). The molecular weight excluding hydrogens is 378 g/mol. The van der Waals surface area contributed by atoms with Crippen LogP contribution in [0.15, 0.2) is 84.9 Å². The van der Waals surface area contributed by atoms with Gasteiger partial charge < -0.3 is 19.5 Å². The second kappa shape index (κ2) is 11.3. The van der Waals surface area contributed by atoms with Crippen molar-refractivity contribution in [2.24, 2.45) is 0 Å².